The van der Waals surface area contributed by atoms with Crippen LogP contribution >= 0.6 is 11.6 Å². The van der Waals surface area contributed by atoms with Crippen LogP contribution in [0.25, 0.3) is 0 Å². The molecule has 0 unspecified atom stereocenters. The van der Waals surface area contributed by atoms with E-state index in [1.165, 1.54) is 0 Å². The molecule has 1 aromatic heterocycles. The minimum atomic E-state index is -0.763. The van der Waals surface area contributed by atoms with Gasteiger partial charge in [0.25, 0.3) is 0 Å². The van der Waals surface area contributed by atoms with Gasteiger partial charge in [0.2, 0.25) is 0 Å². The zero-order valence-electron chi connectivity index (χ0n) is 10.6. The van der Waals surface area contributed by atoms with E-state index < -0.39 is 5.60 Å². The van der Waals surface area contributed by atoms with Crippen LogP contribution in [0.2, 0.25) is 5.02 Å². The predicted octanol–water partition coefficient (Wildman–Crippen LogP) is 2.19. The van der Waals surface area contributed by atoms with Gasteiger partial charge in [0.1, 0.15) is 5.60 Å². The third kappa shape index (κ3) is 1.96. The Bertz CT molecular complexity index is 426. The van der Waals surface area contributed by atoms with E-state index in [0.29, 0.717) is 30.0 Å². The van der Waals surface area contributed by atoms with Crippen LogP contribution in [-0.2, 0) is 16.9 Å². The maximum Gasteiger partial charge on any atom is 0.113 e. The molecular weight excluding hydrogens is 252 g/mol. The molecule has 4 nitrogen and oxygen atoms in total. The second-order valence-electron chi connectivity index (χ2n) is 5.43. The van der Waals surface area contributed by atoms with E-state index in [0.717, 1.165) is 31.4 Å². The van der Waals surface area contributed by atoms with Crippen LogP contribution in [0.5, 0.6) is 0 Å². The van der Waals surface area contributed by atoms with E-state index in [-0.39, 0.29) is 0 Å². The summed E-state index contributed by atoms with van der Waals surface area (Å²) in [6.07, 6.45) is 6.03. The molecule has 0 radical (unpaired) electrons. The van der Waals surface area contributed by atoms with Crippen LogP contribution in [0, 0.1) is 11.8 Å². The molecule has 18 heavy (non-hydrogen) atoms. The largest absolute Gasteiger partial charge is 0.383 e. The topological polar surface area (TPSA) is 47.3 Å². The number of methoxy groups -OCH3 is 1. The Kier molecular flexibility index (Phi) is 3.12. The molecule has 0 spiro atoms. The van der Waals surface area contributed by atoms with E-state index >= 15 is 0 Å². The van der Waals surface area contributed by atoms with Gasteiger partial charge in [-0.2, -0.15) is 5.10 Å². The van der Waals surface area contributed by atoms with Gasteiger partial charge in [0.05, 0.1) is 30.1 Å². The fourth-order valence-corrected chi connectivity index (χ4v) is 3.17. The molecule has 0 saturated heterocycles. The van der Waals surface area contributed by atoms with Crippen LogP contribution in [-0.4, -0.2) is 28.6 Å². The molecule has 100 valence electrons. The van der Waals surface area contributed by atoms with Gasteiger partial charge in [-0.1, -0.05) is 11.6 Å². The van der Waals surface area contributed by atoms with Crippen molar-refractivity contribution in [1.82, 2.24) is 9.78 Å². The van der Waals surface area contributed by atoms with Crippen LogP contribution in [0.15, 0.2) is 6.20 Å². The second-order valence-corrected chi connectivity index (χ2v) is 5.84. The third-order valence-electron chi connectivity index (χ3n) is 4.08. The first-order chi connectivity index (χ1) is 8.67. The van der Waals surface area contributed by atoms with E-state index in [1.807, 2.05) is 4.68 Å². The van der Waals surface area contributed by atoms with Crippen LogP contribution < -0.4 is 0 Å². The van der Waals surface area contributed by atoms with Gasteiger partial charge < -0.3 is 9.84 Å². The Hall–Kier alpha value is -0.580. The fraction of sp³-hybridized carbons (Fsp3) is 0.769. The Balaban J connectivity index is 1.95. The molecular formula is C13H19ClN2O2. The molecule has 0 aromatic carbocycles. The fourth-order valence-electron chi connectivity index (χ4n) is 2.87. The van der Waals surface area contributed by atoms with E-state index in [1.54, 1.807) is 13.3 Å². The van der Waals surface area contributed by atoms with Crippen molar-refractivity contribution in [3.63, 3.8) is 0 Å². The number of aromatic nitrogens is 2. The van der Waals surface area contributed by atoms with Crippen molar-refractivity contribution in [2.45, 2.75) is 37.8 Å². The number of halogens is 1. The van der Waals surface area contributed by atoms with Crippen molar-refractivity contribution in [2.75, 3.05) is 13.7 Å². The summed E-state index contributed by atoms with van der Waals surface area (Å²) in [4.78, 5) is 0. The first kappa shape index (κ1) is 12.5. The lowest BCUT2D eigenvalue weighted by Crippen LogP contribution is -2.34. The smallest absolute Gasteiger partial charge is 0.113 e. The lowest BCUT2D eigenvalue weighted by Gasteiger charge is -2.29. The van der Waals surface area contributed by atoms with Gasteiger partial charge in [-0.15, -0.1) is 0 Å². The van der Waals surface area contributed by atoms with Crippen molar-refractivity contribution in [2.24, 2.45) is 11.8 Å². The van der Waals surface area contributed by atoms with Crippen LogP contribution in [0.4, 0.5) is 0 Å². The highest BCUT2D eigenvalue weighted by atomic mass is 35.5. The van der Waals surface area contributed by atoms with Crippen molar-refractivity contribution in [3.8, 4) is 0 Å². The Morgan fingerprint density at radius 3 is 2.56 bits per heavy atom. The monoisotopic (exact) mass is 270 g/mol. The molecule has 1 heterocycles. The zero-order valence-corrected chi connectivity index (χ0v) is 11.4. The first-order valence-electron chi connectivity index (χ1n) is 6.61. The predicted molar refractivity (Wildman–Crippen MR) is 68.5 cm³/mol. The average molecular weight is 271 g/mol. The molecule has 2 saturated carbocycles. The lowest BCUT2D eigenvalue weighted by molar-refractivity contribution is -0.0193. The molecule has 0 aliphatic heterocycles. The summed E-state index contributed by atoms with van der Waals surface area (Å²) < 4.78 is 6.91. The Labute approximate surface area is 112 Å². The number of nitrogens with zero attached hydrogens (tertiary/aromatic N) is 2. The third-order valence-corrected chi connectivity index (χ3v) is 4.36. The van der Waals surface area contributed by atoms with E-state index in [9.17, 15) is 5.11 Å². The zero-order chi connectivity index (χ0) is 12.8. The van der Waals surface area contributed by atoms with Gasteiger partial charge in [0, 0.05) is 7.11 Å². The number of aliphatic hydroxyl groups is 1. The SMILES string of the molecule is COCCn1ncc(Cl)c1C(O)(C1CC1)C1CC1. The highest BCUT2D eigenvalue weighted by Crippen LogP contribution is 2.58. The van der Waals surface area contributed by atoms with Gasteiger partial charge in [-0.05, 0) is 37.5 Å². The first-order valence-corrected chi connectivity index (χ1v) is 6.98. The van der Waals surface area contributed by atoms with Gasteiger partial charge in [-0.25, -0.2) is 0 Å². The highest BCUT2D eigenvalue weighted by molar-refractivity contribution is 6.31. The summed E-state index contributed by atoms with van der Waals surface area (Å²) in [6, 6.07) is 0. The standard InChI is InChI=1S/C13H19ClN2O2/c1-18-7-6-16-12(11(14)8-15-16)13(17,9-2-3-9)10-4-5-10/h8-10,17H,2-7H2,1H3. The summed E-state index contributed by atoms with van der Waals surface area (Å²) in [6.45, 7) is 1.22. The molecule has 0 bridgehead atoms. The number of rotatable bonds is 6. The molecule has 5 heteroatoms. The second kappa shape index (κ2) is 4.51. The van der Waals surface area contributed by atoms with Crippen molar-refractivity contribution in [1.29, 1.82) is 0 Å². The average Bonchev–Trinajstić information content (AvgIpc) is 3.23. The minimum Gasteiger partial charge on any atom is -0.383 e. The van der Waals surface area contributed by atoms with Crippen molar-refractivity contribution < 1.29 is 9.84 Å². The van der Waals surface area contributed by atoms with E-state index in [4.69, 9.17) is 16.3 Å². The van der Waals surface area contributed by atoms with Crippen LogP contribution in [0.3, 0.4) is 0 Å². The van der Waals surface area contributed by atoms with Gasteiger partial charge >= 0.3 is 0 Å². The number of ether oxygens (including phenoxy) is 1. The van der Waals surface area contributed by atoms with Gasteiger partial charge in [-0.3, -0.25) is 4.68 Å². The summed E-state index contributed by atoms with van der Waals surface area (Å²) in [7, 11) is 1.67. The number of hydrogen-bond acceptors (Lipinski definition) is 3. The molecule has 0 amide bonds. The maximum absolute atomic E-state index is 11.1. The molecule has 1 N–H and O–H groups in total. The molecule has 2 fully saturated rings. The highest BCUT2D eigenvalue weighted by Gasteiger charge is 2.56. The molecule has 0 atom stereocenters. The molecule has 3 rings (SSSR count). The van der Waals surface area contributed by atoms with Crippen molar-refractivity contribution in [3.05, 3.63) is 16.9 Å². The summed E-state index contributed by atoms with van der Waals surface area (Å²) in [5.41, 5.74) is 0.0487. The Morgan fingerprint density at radius 1 is 1.44 bits per heavy atom. The molecule has 1 aromatic rings. The lowest BCUT2D eigenvalue weighted by atomic mass is 9.88. The van der Waals surface area contributed by atoms with Crippen molar-refractivity contribution >= 4 is 11.6 Å². The normalized spacial score (nSPS) is 20.4. The molecule has 2 aliphatic rings. The Morgan fingerprint density at radius 2 is 2.06 bits per heavy atom. The number of hydrogen-bond donors (Lipinski definition) is 1. The van der Waals surface area contributed by atoms with Crippen LogP contribution in [0.1, 0.15) is 31.4 Å². The minimum absolute atomic E-state index is 0.362. The van der Waals surface area contributed by atoms with Gasteiger partial charge in [0.15, 0.2) is 0 Å². The summed E-state index contributed by atoms with van der Waals surface area (Å²) in [5, 5.41) is 16.0. The quantitative estimate of drug-likeness (QED) is 0.862. The summed E-state index contributed by atoms with van der Waals surface area (Å²) >= 11 is 6.27. The maximum atomic E-state index is 11.1. The van der Waals surface area contributed by atoms with E-state index in [2.05, 4.69) is 5.10 Å². The summed E-state index contributed by atoms with van der Waals surface area (Å²) in [5.74, 6) is 0.723. The molecule has 2 aliphatic carbocycles.